The zero-order valence-corrected chi connectivity index (χ0v) is 15.5. The Balaban J connectivity index is 1.71. The van der Waals surface area contributed by atoms with Crippen LogP contribution >= 0.6 is 11.6 Å². The topological polar surface area (TPSA) is 81.8 Å². The molecule has 0 radical (unpaired) electrons. The maximum absolute atomic E-state index is 13.1. The van der Waals surface area contributed by atoms with E-state index in [0.717, 1.165) is 23.5 Å². The largest absolute Gasteiger partial charge is 0.350 e. The van der Waals surface area contributed by atoms with E-state index in [4.69, 9.17) is 11.6 Å². The van der Waals surface area contributed by atoms with E-state index in [1.165, 1.54) is 16.8 Å². The van der Waals surface area contributed by atoms with Crippen molar-refractivity contribution < 1.29 is 9.18 Å². The van der Waals surface area contributed by atoms with Gasteiger partial charge in [0.25, 0.3) is 11.5 Å². The van der Waals surface area contributed by atoms with Gasteiger partial charge < -0.3 is 5.32 Å². The van der Waals surface area contributed by atoms with Crippen molar-refractivity contribution in [2.24, 2.45) is 0 Å². The van der Waals surface area contributed by atoms with E-state index in [1.54, 1.807) is 10.7 Å². The lowest BCUT2D eigenvalue weighted by Crippen LogP contribution is -2.32. The average Bonchev–Trinajstić information content (AvgIpc) is 2.94. The number of carbonyl (C=O) groups excluding carboxylic acids is 1. The predicted octanol–water partition coefficient (Wildman–Crippen LogP) is 2.27. The fraction of sp³-hybridized carbons (Fsp3) is 0.222. The quantitative estimate of drug-likeness (QED) is 0.725. The van der Waals surface area contributed by atoms with Gasteiger partial charge in [-0.3, -0.25) is 9.59 Å². The van der Waals surface area contributed by atoms with Crippen molar-refractivity contribution in [3.8, 4) is 5.82 Å². The van der Waals surface area contributed by atoms with Crippen molar-refractivity contribution >= 4 is 17.5 Å². The summed E-state index contributed by atoms with van der Waals surface area (Å²) >= 11 is 5.87. The van der Waals surface area contributed by atoms with Gasteiger partial charge in [-0.25, -0.2) is 13.8 Å². The van der Waals surface area contributed by atoms with Crippen LogP contribution < -0.4 is 10.9 Å². The van der Waals surface area contributed by atoms with Gasteiger partial charge in [-0.2, -0.15) is 5.10 Å². The molecule has 0 atom stereocenters. The lowest BCUT2D eigenvalue weighted by molar-refractivity contribution is 0.0952. The van der Waals surface area contributed by atoms with Crippen molar-refractivity contribution in [2.75, 3.05) is 6.54 Å². The Morgan fingerprint density at radius 1 is 1.19 bits per heavy atom. The van der Waals surface area contributed by atoms with Crippen LogP contribution in [0, 0.1) is 19.7 Å². The van der Waals surface area contributed by atoms with Crippen LogP contribution in [-0.4, -0.2) is 32.0 Å². The summed E-state index contributed by atoms with van der Waals surface area (Å²) in [4.78, 5) is 24.2. The summed E-state index contributed by atoms with van der Waals surface area (Å²) in [5, 5.41) is 11.3. The summed E-state index contributed by atoms with van der Waals surface area (Å²) in [5.41, 5.74) is 1.60. The van der Waals surface area contributed by atoms with E-state index in [-0.39, 0.29) is 29.2 Å². The highest BCUT2D eigenvalue weighted by Crippen LogP contribution is 2.16. The molecule has 0 saturated carbocycles. The third-order valence-corrected chi connectivity index (χ3v) is 4.18. The molecule has 140 valence electrons. The molecule has 7 nitrogen and oxygen atoms in total. The summed E-state index contributed by atoms with van der Waals surface area (Å²) < 4.78 is 16.0. The Bertz CT molecular complexity index is 1060. The third kappa shape index (κ3) is 4.22. The molecule has 2 heterocycles. The van der Waals surface area contributed by atoms with Gasteiger partial charge in [0, 0.05) is 18.3 Å². The predicted molar refractivity (Wildman–Crippen MR) is 98.8 cm³/mol. The monoisotopic (exact) mass is 389 g/mol. The van der Waals surface area contributed by atoms with Crippen LogP contribution in [0.5, 0.6) is 0 Å². The van der Waals surface area contributed by atoms with Gasteiger partial charge in [-0.05, 0) is 44.2 Å². The fourth-order valence-corrected chi connectivity index (χ4v) is 2.87. The Kier molecular flexibility index (Phi) is 5.36. The van der Waals surface area contributed by atoms with Gasteiger partial charge in [0.05, 0.1) is 22.8 Å². The molecule has 2 aromatic heterocycles. The van der Waals surface area contributed by atoms with Crippen LogP contribution in [-0.2, 0) is 6.54 Å². The number of halogens is 2. The molecule has 0 unspecified atom stereocenters. The number of hydrogen-bond donors (Lipinski definition) is 1. The van der Waals surface area contributed by atoms with E-state index >= 15 is 0 Å². The first kappa shape index (κ1) is 18.8. The minimum Gasteiger partial charge on any atom is -0.350 e. The SMILES string of the molecule is Cc1cc(C)n(-c2ccc(=O)n(CCNC(=O)c3ccc(F)cc3Cl)n2)n1. The van der Waals surface area contributed by atoms with Gasteiger partial charge >= 0.3 is 0 Å². The zero-order valence-electron chi connectivity index (χ0n) is 14.7. The molecule has 0 saturated heterocycles. The third-order valence-electron chi connectivity index (χ3n) is 3.86. The standard InChI is InChI=1S/C18H17ClFN5O2/c1-11-9-12(2)25(22-11)16-5-6-17(26)24(23-16)8-7-21-18(27)14-4-3-13(20)10-15(14)19/h3-6,9-10H,7-8H2,1-2H3,(H,21,27). The Morgan fingerprint density at radius 2 is 1.96 bits per heavy atom. The number of carbonyl (C=O) groups is 1. The molecule has 0 spiro atoms. The number of aryl methyl sites for hydroxylation is 2. The highest BCUT2D eigenvalue weighted by Gasteiger charge is 2.11. The van der Waals surface area contributed by atoms with E-state index in [9.17, 15) is 14.0 Å². The number of hydrogen-bond acceptors (Lipinski definition) is 4. The first-order valence-electron chi connectivity index (χ1n) is 8.20. The molecule has 0 aliphatic rings. The molecule has 0 aliphatic heterocycles. The molecule has 0 bridgehead atoms. The maximum Gasteiger partial charge on any atom is 0.266 e. The number of aromatic nitrogens is 4. The second-order valence-corrected chi connectivity index (χ2v) is 6.38. The van der Waals surface area contributed by atoms with Crippen molar-refractivity contribution in [3.63, 3.8) is 0 Å². The van der Waals surface area contributed by atoms with E-state index in [0.29, 0.717) is 5.82 Å². The molecule has 1 amide bonds. The number of rotatable bonds is 5. The number of benzene rings is 1. The molecule has 1 aromatic carbocycles. The van der Waals surface area contributed by atoms with Crippen LogP contribution in [0.15, 0.2) is 41.2 Å². The summed E-state index contributed by atoms with van der Waals surface area (Å²) in [6.07, 6.45) is 0. The molecule has 3 aromatic rings. The average molecular weight is 390 g/mol. The molecule has 27 heavy (non-hydrogen) atoms. The highest BCUT2D eigenvalue weighted by molar-refractivity contribution is 6.33. The molecule has 1 N–H and O–H groups in total. The highest BCUT2D eigenvalue weighted by atomic mass is 35.5. The first-order chi connectivity index (χ1) is 12.8. The normalized spacial score (nSPS) is 10.8. The van der Waals surface area contributed by atoms with Gasteiger partial charge in [0.15, 0.2) is 5.82 Å². The second kappa shape index (κ2) is 7.71. The summed E-state index contributed by atoms with van der Waals surface area (Å²) in [6, 6.07) is 8.43. The van der Waals surface area contributed by atoms with Crippen LogP contribution in [0.3, 0.4) is 0 Å². The summed E-state index contributed by atoms with van der Waals surface area (Å²) in [6.45, 7) is 4.08. The van der Waals surface area contributed by atoms with Crippen molar-refractivity contribution in [1.82, 2.24) is 24.9 Å². The van der Waals surface area contributed by atoms with Crippen molar-refractivity contribution in [3.05, 3.63) is 74.5 Å². The smallest absolute Gasteiger partial charge is 0.266 e. The van der Waals surface area contributed by atoms with Crippen LogP contribution in [0.25, 0.3) is 5.82 Å². The first-order valence-corrected chi connectivity index (χ1v) is 8.58. The lowest BCUT2D eigenvalue weighted by Gasteiger charge is -2.10. The molecule has 0 fully saturated rings. The zero-order chi connectivity index (χ0) is 19.6. The summed E-state index contributed by atoms with van der Waals surface area (Å²) in [5.74, 6) is -0.468. The van der Waals surface area contributed by atoms with Gasteiger partial charge in [-0.1, -0.05) is 11.6 Å². The minimum absolute atomic E-state index is 0.0225. The van der Waals surface area contributed by atoms with Gasteiger partial charge in [-0.15, -0.1) is 5.10 Å². The Morgan fingerprint density at radius 3 is 2.63 bits per heavy atom. The van der Waals surface area contributed by atoms with E-state index in [2.05, 4.69) is 15.5 Å². The molecule has 0 aliphatic carbocycles. The minimum atomic E-state index is -0.520. The lowest BCUT2D eigenvalue weighted by atomic mass is 10.2. The summed E-state index contributed by atoms with van der Waals surface area (Å²) in [7, 11) is 0. The molecular weight excluding hydrogens is 373 g/mol. The molecular formula is C18H17ClFN5O2. The number of nitrogens with one attached hydrogen (secondary N) is 1. The fourth-order valence-electron chi connectivity index (χ4n) is 2.62. The Labute approximate surface area is 159 Å². The van der Waals surface area contributed by atoms with Crippen LogP contribution in [0.1, 0.15) is 21.7 Å². The van der Waals surface area contributed by atoms with E-state index < -0.39 is 11.7 Å². The van der Waals surface area contributed by atoms with Gasteiger partial charge in [0.1, 0.15) is 5.82 Å². The maximum atomic E-state index is 13.1. The van der Waals surface area contributed by atoms with Crippen molar-refractivity contribution in [1.29, 1.82) is 0 Å². The van der Waals surface area contributed by atoms with Crippen LogP contribution in [0.2, 0.25) is 5.02 Å². The molecule has 9 heteroatoms. The molecule has 3 rings (SSSR count). The number of nitrogens with zero attached hydrogens (tertiary/aromatic N) is 4. The number of amides is 1. The second-order valence-electron chi connectivity index (χ2n) is 5.97. The van der Waals surface area contributed by atoms with Crippen LogP contribution in [0.4, 0.5) is 4.39 Å². The van der Waals surface area contributed by atoms with Gasteiger partial charge in [0.2, 0.25) is 0 Å². The Hall–Kier alpha value is -3.00. The van der Waals surface area contributed by atoms with Crippen molar-refractivity contribution in [2.45, 2.75) is 20.4 Å². The van der Waals surface area contributed by atoms with E-state index in [1.807, 2.05) is 19.9 Å².